The summed E-state index contributed by atoms with van der Waals surface area (Å²) in [6, 6.07) is 12.0. The SMILES string of the molecule is Cc1cc(C)cc(N2C(=O)/C(=N\Nc3ccc(C=C4C(=O)NC(=O)N4C)cc3O)c3ccc(C(F)(F)F)cc32)c1. The van der Waals surface area contributed by atoms with Crippen LogP contribution in [0.2, 0.25) is 0 Å². The van der Waals surface area contributed by atoms with Crippen molar-refractivity contribution in [2.75, 3.05) is 17.4 Å². The molecule has 4 amide bonds. The third-order valence-electron chi connectivity index (χ3n) is 6.42. The van der Waals surface area contributed by atoms with E-state index in [-0.39, 0.29) is 34.1 Å². The van der Waals surface area contributed by atoms with Gasteiger partial charge in [0.1, 0.15) is 11.4 Å². The van der Waals surface area contributed by atoms with Crippen molar-refractivity contribution in [1.29, 1.82) is 0 Å². The third-order valence-corrected chi connectivity index (χ3v) is 6.42. The summed E-state index contributed by atoms with van der Waals surface area (Å²) in [6.07, 6.45) is -3.21. The second-order valence-electron chi connectivity index (χ2n) is 9.41. The largest absolute Gasteiger partial charge is 0.506 e. The Balaban J connectivity index is 1.50. The zero-order valence-corrected chi connectivity index (χ0v) is 21.4. The minimum Gasteiger partial charge on any atom is -0.506 e. The minimum atomic E-state index is -4.62. The lowest BCUT2D eigenvalue weighted by Crippen LogP contribution is -2.26. The number of hydrogen-bond donors (Lipinski definition) is 3. The highest BCUT2D eigenvalue weighted by molar-refractivity contribution is 6.55. The van der Waals surface area contributed by atoms with Crippen molar-refractivity contribution in [2.24, 2.45) is 5.10 Å². The van der Waals surface area contributed by atoms with Gasteiger partial charge in [0.2, 0.25) is 0 Å². The van der Waals surface area contributed by atoms with Crippen LogP contribution in [-0.4, -0.2) is 40.6 Å². The van der Waals surface area contributed by atoms with Gasteiger partial charge in [-0.25, -0.2) is 4.79 Å². The predicted octanol–water partition coefficient (Wildman–Crippen LogP) is 5.04. The molecule has 3 aromatic carbocycles. The molecule has 12 heteroatoms. The van der Waals surface area contributed by atoms with E-state index in [2.05, 4.69) is 15.8 Å². The lowest BCUT2D eigenvalue weighted by molar-refractivity contribution is -0.137. The number of benzene rings is 3. The second-order valence-corrected chi connectivity index (χ2v) is 9.41. The van der Waals surface area contributed by atoms with Crippen molar-refractivity contribution in [3.63, 3.8) is 0 Å². The summed E-state index contributed by atoms with van der Waals surface area (Å²) in [6.45, 7) is 3.64. The van der Waals surface area contributed by atoms with E-state index in [1.54, 1.807) is 18.2 Å². The van der Waals surface area contributed by atoms with Gasteiger partial charge in [0.15, 0.2) is 5.71 Å². The monoisotopic (exact) mass is 549 g/mol. The first-order valence-electron chi connectivity index (χ1n) is 12.0. The Morgan fingerprint density at radius 2 is 1.68 bits per heavy atom. The number of anilines is 3. The smallest absolute Gasteiger partial charge is 0.416 e. The third kappa shape index (κ3) is 4.75. The molecule has 0 saturated carbocycles. The summed E-state index contributed by atoms with van der Waals surface area (Å²) in [4.78, 5) is 39.4. The summed E-state index contributed by atoms with van der Waals surface area (Å²) < 4.78 is 40.6. The number of carbonyl (C=O) groups is 3. The number of urea groups is 1. The number of aromatic hydroxyl groups is 1. The number of nitrogens with one attached hydrogen (secondary N) is 2. The number of phenolic OH excluding ortho intramolecular Hbond substituents is 1. The summed E-state index contributed by atoms with van der Waals surface area (Å²) in [5.41, 5.74) is 4.42. The van der Waals surface area contributed by atoms with E-state index >= 15 is 0 Å². The molecule has 0 spiro atoms. The molecule has 2 aliphatic heterocycles. The van der Waals surface area contributed by atoms with Gasteiger partial charge in [-0.15, -0.1) is 0 Å². The number of carbonyl (C=O) groups excluding carboxylic acids is 3. The number of fused-ring (bicyclic) bond motifs is 1. The highest BCUT2D eigenvalue weighted by atomic mass is 19.4. The number of halogens is 3. The van der Waals surface area contributed by atoms with Crippen LogP contribution in [-0.2, 0) is 15.8 Å². The van der Waals surface area contributed by atoms with Crippen LogP contribution < -0.4 is 15.6 Å². The lowest BCUT2D eigenvalue weighted by atomic mass is 10.1. The molecule has 0 aliphatic carbocycles. The number of rotatable bonds is 4. The average molecular weight is 550 g/mol. The Bertz CT molecular complexity index is 1640. The molecule has 40 heavy (non-hydrogen) atoms. The fourth-order valence-corrected chi connectivity index (χ4v) is 4.54. The van der Waals surface area contributed by atoms with Crippen LogP contribution in [0.4, 0.5) is 35.0 Å². The van der Waals surface area contributed by atoms with Crippen LogP contribution in [0, 0.1) is 13.8 Å². The number of phenols is 1. The molecule has 3 N–H and O–H groups in total. The summed E-state index contributed by atoms with van der Waals surface area (Å²) in [7, 11) is 1.42. The second kappa shape index (κ2) is 9.56. The van der Waals surface area contributed by atoms with E-state index < -0.39 is 29.6 Å². The maximum absolute atomic E-state index is 13.5. The van der Waals surface area contributed by atoms with E-state index in [9.17, 15) is 32.7 Å². The van der Waals surface area contributed by atoms with Crippen molar-refractivity contribution < 1.29 is 32.7 Å². The number of likely N-dealkylation sites (N-methyl/N-ethyl adjacent to an activating group) is 1. The Hall–Kier alpha value is -5.13. The van der Waals surface area contributed by atoms with Gasteiger partial charge in [-0.05, 0) is 79.1 Å². The molecule has 9 nitrogen and oxygen atoms in total. The van der Waals surface area contributed by atoms with Gasteiger partial charge in [0, 0.05) is 18.3 Å². The van der Waals surface area contributed by atoms with E-state index in [1.807, 2.05) is 19.9 Å². The normalized spacial score (nSPS) is 17.2. The van der Waals surface area contributed by atoms with Crippen molar-refractivity contribution >= 4 is 46.7 Å². The zero-order chi connectivity index (χ0) is 28.9. The van der Waals surface area contributed by atoms with Crippen molar-refractivity contribution in [3.8, 4) is 5.75 Å². The molecule has 2 heterocycles. The molecule has 2 aliphatic rings. The maximum Gasteiger partial charge on any atom is 0.416 e. The summed E-state index contributed by atoms with van der Waals surface area (Å²) in [5.74, 6) is -1.51. The molecule has 0 radical (unpaired) electrons. The van der Waals surface area contributed by atoms with Gasteiger partial charge in [-0.2, -0.15) is 18.3 Å². The van der Waals surface area contributed by atoms with Crippen molar-refractivity contribution in [1.82, 2.24) is 10.2 Å². The van der Waals surface area contributed by atoms with Gasteiger partial charge in [-0.1, -0.05) is 12.1 Å². The Kier molecular flexibility index (Phi) is 6.33. The van der Waals surface area contributed by atoms with Crippen LogP contribution >= 0.6 is 0 Å². The number of imide groups is 1. The van der Waals surface area contributed by atoms with Gasteiger partial charge < -0.3 is 5.11 Å². The first-order chi connectivity index (χ1) is 18.8. The molecule has 0 bridgehead atoms. The summed E-state index contributed by atoms with van der Waals surface area (Å²) in [5, 5.41) is 16.8. The Morgan fingerprint density at radius 3 is 2.27 bits per heavy atom. The molecular formula is C28H22F3N5O4. The standard InChI is InChI=1S/C28H22F3N5O4/c1-14-8-15(2)10-18(9-14)36-21-13-17(28(29,30)31)5-6-19(21)24(26(36)39)34-33-20-7-4-16(12-23(20)37)11-22-25(38)32-27(40)35(22)3/h4-13,33,37H,1-3H3,(H,32,38,40)/b22-11?,34-24-. The van der Waals surface area contributed by atoms with Crippen LogP contribution in [0.1, 0.15) is 27.8 Å². The molecular weight excluding hydrogens is 527 g/mol. The molecule has 0 aromatic heterocycles. The maximum atomic E-state index is 13.5. The number of aryl methyl sites for hydroxylation is 2. The molecule has 5 rings (SSSR count). The van der Waals surface area contributed by atoms with Gasteiger partial charge in [0.05, 0.1) is 16.9 Å². The quantitative estimate of drug-likeness (QED) is 0.183. The fourth-order valence-electron chi connectivity index (χ4n) is 4.54. The van der Waals surface area contributed by atoms with Gasteiger partial charge >= 0.3 is 12.2 Å². The molecule has 0 atom stereocenters. The van der Waals surface area contributed by atoms with Crippen molar-refractivity contribution in [3.05, 3.63) is 88.1 Å². The number of amides is 4. The molecule has 1 fully saturated rings. The molecule has 204 valence electrons. The number of hydrogen-bond acceptors (Lipinski definition) is 6. The number of hydrazone groups is 1. The highest BCUT2D eigenvalue weighted by Crippen LogP contribution is 2.41. The van der Waals surface area contributed by atoms with E-state index in [0.29, 0.717) is 11.3 Å². The molecule has 3 aromatic rings. The summed E-state index contributed by atoms with van der Waals surface area (Å²) >= 11 is 0. The highest BCUT2D eigenvalue weighted by Gasteiger charge is 2.39. The Morgan fingerprint density at radius 1 is 0.975 bits per heavy atom. The van der Waals surface area contributed by atoms with E-state index in [0.717, 1.165) is 28.2 Å². The Labute approximate surface area is 226 Å². The van der Waals surface area contributed by atoms with E-state index in [4.69, 9.17) is 0 Å². The first kappa shape index (κ1) is 26.5. The van der Waals surface area contributed by atoms with Crippen LogP contribution in [0.25, 0.3) is 6.08 Å². The van der Waals surface area contributed by atoms with E-state index in [1.165, 1.54) is 36.2 Å². The fraction of sp³-hybridized carbons (Fsp3) is 0.143. The van der Waals surface area contributed by atoms with Gasteiger partial charge in [0.25, 0.3) is 11.8 Å². The zero-order valence-electron chi connectivity index (χ0n) is 21.4. The van der Waals surface area contributed by atoms with Gasteiger partial charge in [-0.3, -0.25) is 30.1 Å². The molecule has 1 saturated heterocycles. The van der Waals surface area contributed by atoms with Crippen LogP contribution in [0.15, 0.2) is 65.4 Å². The van der Waals surface area contributed by atoms with Crippen LogP contribution in [0.5, 0.6) is 5.75 Å². The number of alkyl halides is 3. The first-order valence-corrected chi connectivity index (χ1v) is 12.0. The topological polar surface area (TPSA) is 114 Å². The average Bonchev–Trinajstić information content (AvgIpc) is 3.28. The van der Waals surface area contributed by atoms with Crippen molar-refractivity contribution in [2.45, 2.75) is 20.0 Å². The van der Waals surface area contributed by atoms with Crippen LogP contribution in [0.3, 0.4) is 0 Å². The molecule has 0 unspecified atom stereocenters. The number of nitrogens with zero attached hydrogens (tertiary/aromatic N) is 3. The minimum absolute atomic E-state index is 0.0325. The predicted molar refractivity (Wildman–Crippen MR) is 142 cm³/mol. The lowest BCUT2D eigenvalue weighted by Gasteiger charge is -2.19.